The monoisotopic (exact) mass is 324 g/mol. The Bertz CT molecular complexity index is 689. The summed E-state index contributed by atoms with van der Waals surface area (Å²) < 4.78 is 0. The fourth-order valence-corrected chi connectivity index (χ4v) is 2.65. The zero-order valence-corrected chi connectivity index (χ0v) is 12.7. The number of anilines is 2. The van der Waals surface area contributed by atoms with Gasteiger partial charge in [0.1, 0.15) is 0 Å². The molecule has 6 heteroatoms. The highest BCUT2D eigenvalue weighted by atomic mass is 35.5. The molecule has 0 aromatic heterocycles. The number of hydrogen-bond donors (Lipinski definition) is 3. The Morgan fingerprint density at radius 1 is 1.24 bits per heavy atom. The highest BCUT2D eigenvalue weighted by molar-refractivity contribution is 6.34. The van der Waals surface area contributed by atoms with E-state index in [0.29, 0.717) is 16.4 Å². The second kappa shape index (κ2) is 6.24. The molecule has 0 bridgehead atoms. The van der Waals surface area contributed by atoms with E-state index in [1.54, 1.807) is 6.07 Å². The summed E-state index contributed by atoms with van der Waals surface area (Å²) in [5.41, 5.74) is 7.14. The minimum absolute atomic E-state index is 0.0268. The van der Waals surface area contributed by atoms with E-state index in [0.717, 1.165) is 5.56 Å². The maximum atomic E-state index is 11.3. The van der Waals surface area contributed by atoms with Gasteiger partial charge in [0, 0.05) is 10.7 Å². The molecule has 0 aliphatic carbocycles. The normalized spacial score (nSPS) is 12.0. The van der Waals surface area contributed by atoms with Crippen molar-refractivity contribution in [3.63, 3.8) is 0 Å². The standard InChI is InChI=1S/C15H14Cl2N2O2/c1-8(10-4-2-3-5-12(10)16)19-14-11(15(20)21)6-9(18)7-13(14)17/h2-8,19H,18H2,1H3,(H,20,21). The van der Waals surface area contributed by atoms with Crippen LogP contribution in [0.15, 0.2) is 36.4 Å². The minimum Gasteiger partial charge on any atom is -0.478 e. The van der Waals surface area contributed by atoms with Crippen molar-refractivity contribution in [2.24, 2.45) is 0 Å². The molecular formula is C15H14Cl2N2O2. The van der Waals surface area contributed by atoms with Crippen LogP contribution in [-0.4, -0.2) is 11.1 Å². The van der Waals surface area contributed by atoms with Crippen molar-refractivity contribution in [3.05, 3.63) is 57.6 Å². The summed E-state index contributed by atoms with van der Waals surface area (Å²) in [5.74, 6) is -1.10. The fraction of sp³-hybridized carbons (Fsp3) is 0.133. The van der Waals surface area contributed by atoms with Crippen molar-refractivity contribution in [1.82, 2.24) is 0 Å². The van der Waals surface area contributed by atoms with Crippen LogP contribution in [-0.2, 0) is 0 Å². The quantitative estimate of drug-likeness (QED) is 0.726. The molecule has 2 aromatic carbocycles. The number of halogens is 2. The number of nitrogens with two attached hydrogens (primary N) is 1. The van der Waals surface area contributed by atoms with Gasteiger partial charge in [-0.05, 0) is 30.7 Å². The second-order valence-corrected chi connectivity index (χ2v) is 5.43. The van der Waals surface area contributed by atoms with Gasteiger partial charge in [-0.1, -0.05) is 41.4 Å². The molecule has 0 fully saturated rings. The van der Waals surface area contributed by atoms with Gasteiger partial charge in [0.2, 0.25) is 0 Å². The highest BCUT2D eigenvalue weighted by Gasteiger charge is 2.18. The molecule has 0 aliphatic heterocycles. The van der Waals surface area contributed by atoms with Gasteiger partial charge < -0.3 is 16.2 Å². The number of rotatable bonds is 4. The van der Waals surface area contributed by atoms with Gasteiger partial charge in [0.05, 0.1) is 22.3 Å². The summed E-state index contributed by atoms with van der Waals surface area (Å²) in [5, 5.41) is 13.2. The van der Waals surface area contributed by atoms with E-state index in [4.69, 9.17) is 28.9 Å². The molecule has 0 amide bonds. The van der Waals surface area contributed by atoms with E-state index in [9.17, 15) is 9.90 Å². The Balaban J connectivity index is 2.40. The maximum Gasteiger partial charge on any atom is 0.337 e. The van der Waals surface area contributed by atoms with Crippen molar-refractivity contribution in [2.45, 2.75) is 13.0 Å². The third kappa shape index (κ3) is 3.40. The Kier molecular flexibility index (Phi) is 4.60. The number of carboxylic acid groups (broad SMARTS) is 1. The summed E-state index contributed by atoms with van der Waals surface area (Å²) in [6.07, 6.45) is 0. The molecule has 2 aromatic rings. The number of benzene rings is 2. The lowest BCUT2D eigenvalue weighted by Crippen LogP contribution is -2.12. The first-order valence-corrected chi connectivity index (χ1v) is 6.99. The molecular weight excluding hydrogens is 311 g/mol. The SMILES string of the molecule is CC(Nc1c(Cl)cc(N)cc1C(=O)O)c1ccccc1Cl. The lowest BCUT2D eigenvalue weighted by atomic mass is 10.1. The lowest BCUT2D eigenvalue weighted by molar-refractivity contribution is 0.0698. The summed E-state index contributed by atoms with van der Waals surface area (Å²) in [7, 11) is 0. The van der Waals surface area contributed by atoms with Crippen LogP contribution in [0.2, 0.25) is 10.0 Å². The molecule has 1 unspecified atom stereocenters. The van der Waals surface area contributed by atoms with E-state index in [1.807, 2.05) is 25.1 Å². The van der Waals surface area contributed by atoms with Gasteiger partial charge in [-0.3, -0.25) is 0 Å². The maximum absolute atomic E-state index is 11.3. The van der Waals surface area contributed by atoms with Gasteiger partial charge in [0.15, 0.2) is 0 Å². The molecule has 21 heavy (non-hydrogen) atoms. The van der Waals surface area contributed by atoms with Crippen LogP contribution in [0.3, 0.4) is 0 Å². The fourth-order valence-electron chi connectivity index (χ4n) is 2.06. The first kappa shape index (κ1) is 15.5. The van der Waals surface area contributed by atoms with Gasteiger partial charge in [0.25, 0.3) is 0 Å². The molecule has 0 saturated heterocycles. The average molecular weight is 325 g/mol. The first-order valence-electron chi connectivity index (χ1n) is 6.23. The van der Waals surface area contributed by atoms with Crippen LogP contribution in [0.1, 0.15) is 28.9 Å². The van der Waals surface area contributed by atoms with Crippen molar-refractivity contribution >= 4 is 40.5 Å². The third-order valence-corrected chi connectivity index (χ3v) is 3.72. The largest absolute Gasteiger partial charge is 0.478 e. The molecule has 0 radical (unpaired) electrons. The third-order valence-electron chi connectivity index (χ3n) is 3.08. The molecule has 2 rings (SSSR count). The van der Waals surface area contributed by atoms with Crippen molar-refractivity contribution < 1.29 is 9.90 Å². The second-order valence-electron chi connectivity index (χ2n) is 4.62. The van der Waals surface area contributed by atoms with Crippen LogP contribution in [0, 0.1) is 0 Å². The molecule has 4 N–H and O–H groups in total. The smallest absolute Gasteiger partial charge is 0.337 e. The zero-order chi connectivity index (χ0) is 15.6. The van der Waals surface area contributed by atoms with Gasteiger partial charge in [-0.25, -0.2) is 4.79 Å². The predicted octanol–water partition coefficient (Wildman–Crippen LogP) is 4.45. The van der Waals surface area contributed by atoms with Crippen LogP contribution < -0.4 is 11.1 Å². The Hall–Kier alpha value is -1.91. The number of nitrogen functional groups attached to an aromatic ring is 1. The van der Waals surface area contributed by atoms with E-state index < -0.39 is 5.97 Å². The predicted molar refractivity (Wildman–Crippen MR) is 86.3 cm³/mol. The van der Waals surface area contributed by atoms with Crippen molar-refractivity contribution in [1.29, 1.82) is 0 Å². The van der Waals surface area contributed by atoms with E-state index in [2.05, 4.69) is 5.32 Å². The van der Waals surface area contributed by atoms with E-state index in [-0.39, 0.29) is 16.6 Å². The Morgan fingerprint density at radius 3 is 2.52 bits per heavy atom. The van der Waals surface area contributed by atoms with Gasteiger partial charge in [-0.2, -0.15) is 0 Å². The molecule has 0 aliphatic rings. The van der Waals surface area contributed by atoms with Gasteiger partial charge in [-0.15, -0.1) is 0 Å². The topological polar surface area (TPSA) is 75.3 Å². The summed E-state index contributed by atoms with van der Waals surface area (Å²) >= 11 is 12.3. The summed E-state index contributed by atoms with van der Waals surface area (Å²) in [4.78, 5) is 11.3. The number of nitrogens with one attached hydrogen (secondary N) is 1. The summed E-state index contributed by atoms with van der Waals surface area (Å²) in [6, 6.07) is 10.0. The number of aromatic carboxylic acids is 1. The average Bonchev–Trinajstić information content (AvgIpc) is 2.41. The number of carbonyl (C=O) groups is 1. The van der Waals surface area contributed by atoms with Crippen LogP contribution in [0.4, 0.5) is 11.4 Å². The number of carboxylic acids is 1. The minimum atomic E-state index is -1.10. The van der Waals surface area contributed by atoms with Crippen molar-refractivity contribution in [3.8, 4) is 0 Å². The Morgan fingerprint density at radius 2 is 1.90 bits per heavy atom. The van der Waals surface area contributed by atoms with E-state index >= 15 is 0 Å². The van der Waals surface area contributed by atoms with Crippen LogP contribution in [0.5, 0.6) is 0 Å². The summed E-state index contributed by atoms with van der Waals surface area (Å²) in [6.45, 7) is 1.87. The lowest BCUT2D eigenvalue weighted by Gasteiger charge is -2.19. The number of hydrogen-bond acceptors (Lipinski definition) is 3. The molecule has 110 valence electrons. The zero-order valence-electron chi connectivity index (χ0n) is 11.2. The molecule has 0 saturated carbocycles. The van der Waals surface area contributed by atoms with Crippen molar-refractivity contribution in [2.75, 3.05) is 11.1 Å². The first-order chi connectivity index (χ1) is 9.90. The Labute approximate surface area is 132 Å². The molecule has 0 spiro atoms. The van der Waals surface area contributed by atoms with E-state index in [1.165, 1.54) is 12.1 Å². The van der Waals surface area contributed by atoms with Crippen LogP contribution in [0.25, 0.3) is 0 Å². The molecule has 4 nitrogen and oxygen atoms in total. The molecule has 0 heterocycles. The van der Waals surface area contributed by atoms with Crippen LogP contribution >= 0.6 is 23.2 Å². The van der Waals surface area contributed by atoms with Gasteiger partial charge >= 0.3 is 5.97 Å². The highest BCUT2D eigenvalue weighted by Crippen LogP contribution is 2.33. The molecule has 1 atom stereocenters.